The van der Waals surface area contributed by atoms with E-state index in [0.29, 0.717) is 5.56 Å². The van der Waals surface area contributed by atoms with Gasteiger partial charge in [-0.1, -0.05) is 24.3 Å². The molecule has 0 saturated heterocycles. The van der Waals surface area contributed by atoms with Crippen molar-refractivity contribution in [2.24, 2.45) is 0 Å². The number of pyridine rings is 1. The lowest BCUT2D eigenvalue weighted by molar-refractivity contribution is 0.682. The van der Waals surface area contributed by atoms with Crippen LogP contribution in [0.4, 0.5) is 0 Å². The SMILES string of the molecule is CCn1nc(/C=C/c2ccncc2C#N)c2ccccc21. The van der Waals surface area contributed by atoms with Crippen LogP contribution in [0.5, 0.6) is 0 Å². The average Bonchev–Trinajstić information content (AvgIpc) is 2.91. The summed E-state index contributed by atoms with van der Waals surface area (Å²) in [5.74, 6) is 0. The second-order valence-electron chi connectivity index (χ2n) is 4.63. The van der Waals surface area contributed by atoms with E-state index in [9.17, 15) is 0 Å². The lowest BCUT2D eigenvalue weighted by Crippen LogP contribution is -1.95. The number of nitrogens with zero attached hydrogens (tertiary/aromatic N) is 4. The summed E-state index contributed by atoms with van der Waals surface area (Å²) in [6, 6.07) is 12.1. The highest BCUT2D eigenvalue weighted by Gasteiger charge is 2.06. The molecule has 0 N–H and O–H groups in total. The van der Waals surface area contributed by atoms with Crippen molar-refractivity contribution >= 4 is 23.1 Å². The van der Waals surface area contributed by atoms with E-state index in [1.165, 1.54) is 0 Å². The number of hydrogen-bond donors (Lipinski definition) is 0. The van der Waals surface area contributed by atoms with Gasteiger partial charge < -0.3 is 0 Å². The fourth-order valence-corrected chi connectivity index (χ4v) is 2.33. The van der Waals surface area contributed by atoms with Gasteiger partial charge in [-0.25, -0.2) is 0 Å². The third kappa shape index (κ3) is 2.41. The van der Waals surface area contributed by atoms with Crippen LogP contribution in [0.1, 0.15) is 23.7 Å². The van der Waals surface area contributed by atoms with Crippen LogP contribution in [0.3, 0.4) is 0 Å². The highest BCUT2D eigenvalue weighted by atomic mass is 15.3. The van der Waals surface area contributed by atoms with E-state index in [1.54, 1.807) is 12.4 Å². The summed E-state index contributed by atoms with van der Waals surface area (Å²) in [4.78, 5) is 3.96. The predicted molar refractivity (Wildman–Crippen MR) is 83.3 cm³/mol. The number of aryl methyl sites for hydroxylation is 1. The Balaban J connectivity index is 2.06. The van der Waals surface area contributed by atoms with Crippen LogP contribution in [-0.4, -0.2) is 14.8 Å². The maximum Gasteiger partial charge on any atom is 0.101 e. The number of benzene rings is 1. The molecule has 0 spiro atoms. The van der Waals surface area contributed by atoms with Gasteiger partial charge >= 0.3 is 0 Å². The van der Waals surface area contributed by atoms with Gasteiger partial charge in [0.1, 0.15) is 6.07 Å². The normalized spacial score (nSPS) is 11.0. The molecule has 0 unspecified atom stereocenters. The van der Waals surface area contributed by atoms with Gasteiger partial charge in [0, 0.05) is 24.3 Å². The van der Waals surface area contributed by atoms with Crippen LogP contribution in [0.2, 0.25) is 0 Å². The van der Waals surface area contributed by atoms with Crippen molar-refractivity contribution in [2.45, 2.75) is 13.5 Å². The first kappa shape index (κ1) is 13.1. The Kier molecular flexibility index (Phi) is 3.48. The first-order valence-corrected chi connectivity index (χ1v) is 6.81. The van der Waals surface area contributed by atoms with E-state index in [1.807, 2.05) is 35.0 Å². The van der Waals surface area contributed by atoms with E-state index < -0.39 is 0 Å². The molecule has 1 aromatic carbocycles. The average molecular weight is 274 g/mol. The van der Waals surface area contributed by atoms with Crippen molar-refractivity contribution in [1.29, 1.82) is 5.26 Å². The Hall–Kier alpha value is -2.93. The highest BCUT2D eigenvalue weighted by molar-refractivity contribution is 5.90. The molecule has 0 radical (unpaired) electrons. The number of nitriles is 1. The number of rotatable bonds is 3. The molecule has 0 aliphatic carbocycles. The Labute approximate surface area is 123 Å². The lowest BCUT2D eigenvalue weighted by Gasteiger charge is -1.95. The van der Waals surface area contributed by atoms with Gasteiger partial charge in [-0.05, 0) is 30.7 Å². The molecule has 4 heteroatoms. The molecule has 0 fully saturated rings. The van der Waals surface area contributed by atoms with Gasteiger partial charge in [0.05, 0.1) is 16.8 Å². The molecule has 4 nitrogen and oxygen atoms in total. The zero-order valence-corrected chi connectivity index (χ0v) is 11.7. The molecule has 102 valence electrons. The van der Waals surface area contributed by atoms with Gasteiger partial charge in [-0.3, -0.25) is 9.67 Å². The summed E-state index contributed by atoms with van der Waals surface area (Å²) < 4.78 is 1.98. The lowest BCUT2D eigenvalue weighted by atomic mass is 10.1. The monoisotopic (exact) mass is 274 g/mol. The second kappa shape index (κ2) is 5.59. The van der Waals surface area contributed by atoms with Crippen LogP contribution in [-0.2, 0) is 6.54 Å². The zero-order valence-electron chi connectivity index (χ0n) is 11.7. The molecule has 2 aromatic heterocycles. The topological polar surface area (TPSA) is 54.5 Å². The summed E-state index contributed by atoms with van der Waals surface area (Å²) >= 11 is 0. The van der Waals surface area contributed by atoms with Crippen LogP contribution in [0, 0.1) is 11.3 Å². The first-order chi connectivity index (χ1) is 10.3. The largest absolute Gasteiger partial charge is 0.265 e. The number of aromatic nitrogens is 3. The fraction of sp³-hybridized carbons (Fsp3) is 0.118. The molecule has 0 saturated carbocycles. The molecule has 0 atom stereocenters. The van der Waals surface area contributed by atoms with Gasteiger partial charge in [0.25, 0.3) is 0 Å². The molecule has 0 aliphatic heterocycles. The fourth-order valence-electron chi connectivity index (χ4n) is 2.33. The van der Waals surface area contributed by atoms with Gasteiger partial charge in [-0.15, -0.1) is 0 Å². The molecule has 3 rings (SSSR count). The summed E-state index contributed by atoms with van der Waals surface area (Å²) in [7, 11) is 0. The molecule has 0 bridgehead atoms. The number of para-hydroxylation sites is 1. The van der Waals surface area contributed by atoms with Crippen molar-refractivity contribution in [3.8, 4) is 6.07 Å². The Bertz CT molecular complexity index is 853. The Morgan fingerprint density at radius 3 is 2.90 bits per heavy atom. The van der Waals surface area contributed by atoms with Gasteiger partial charge in [0.15, 0.2) is 0 Å². The molecule has 2 heterocycles. The minimum absolute atomic E-state index is 0.563. The van der Waals surface area contributed by atoms with E-state index >= 15 is 0 Å². The quantitative estimate of drug-likeness (QED) is 0.734. The molecule has 0 amide bonds. The maximum atomic E-state index is 9.09. The van der Waals surface area contributed by atoms with E-state index in [0.717, 1.165) is 28.7 Å². The predicted octanol–water partition coefficient (Wildman–Crippen LogP) is 3.49. The summed E-state index contributed by atoms with van der Waals surface area (Å²) in [5.41, 5.74) is 3.44. The van der Waals surface area contributed by atoms with E-state index in [2.05, 4.69) is 35.2 Å². The molecule has 0 aliphatic rings. The smallest absolute Gasteiger partial charge is 0.101 e. The first-order valence-electron chi connectivity index (χ1n) is 6.81. The van der Waals surface area contributed by atoms with Crippen molar-refractivity contribution in [1.82, 2.24) is 14.8 Å². The zero-order chi connectivity index (χ0) is 14.7. The van der Waals surface area contributed by atoms with Crippen molar-refractivity contribution in [3.63, 3.8) is 0 Å². The van der Waals surface area contributed by atoms with Crippen LogP contribution >= 0.6 is 0 Å². The number of hydrogen-bond acceptors (Lipinski definition) is 3. The minimum atomic E-state index is 0.563. The van der Waals surface area contributed by atoms with Crippen molar-refractivity contribution < 1.29 is 0 Å². The molecule has 3 aromatic rings. The van der Waals surface area contributed by atoms with Gasteiger partial charge in [0.2, 0.25) is 0 Å². The summed E-state index contributed by atoms with van der Waals surface area (Å²) in [5, 5.41) is 14.8. The molecule has 21 heavy (non-hydrogen) atoms. The van der Waals surface area contributed by atoms with Crippen LogP contribution in [0.25, 0.3) is 23.1 Å². The van der Waals surface area contributed by atoms with Crippen LogP contribution < -0.4 is 0 Å². The third-order valence-corrected chi connectivity index (χ3v) is 3.38. The molecular weight excluding hydrogens is 260 g/mol. The standard InChI is InChI=1S/C17H14N4/c1-2-21-17-6-4-3-5-15(17)16(20-21)8-7-13-9-10-19-12-14(13)11-18/h3-10,12H,2H2,1H3/b8-7+. The summed E-state index contributed by atoms with van der Waals surface area (Å²) in [6.07, 6.45) is 7.12. The number of fused-ring (bicyclic) bond motifs is 1. The summed E-state index contributed by atoms with van der Waals surface area (Å²) in [6.45, 7) is 2.90. The van der Waals surface area contributed by atoms with Crippen molar-refractivity contribution in [2.75, 3.05) is 0 Å². The maximum absolute atomic E-state index is 9.09. The minimum Gasteiger partial charge on any atom is -0.265 e. The van der Waals surface area contributed by atoms with Gasteiger partial charge in [-0.2, -0.15) is 10.4 Å². The molecular formula is C17H14N4. The Morgan fingerprint density at radius 1 is 1.24 bits per heavy atom. The van der Waals surface area contributed by atoms with Crippen molar-refractivity contribution in [3.05, 3.63) is 59.5 Å². The van der Waals surface area contributed by atoms with Crippen LogP contribution in [0.15, 0.2) is 42.7 Å². The van der Waals surface area contributed by atoms with E-state index in [4.69, 9.17) is 5.26 Å². The highest BCUT2D eigenvalue weighted by Crippen LogP contribution is 2.20. The third-order valence-electron chi connectivity index (χ3n) is 3.38. The Morgan fingerprint density at radius 2 is 2.10 bits per heavy atom. The second-order valence-corrected chi connectivity index (χ2v) is 4.63. The van der Waals surface area contributed by atoms with E-state index in [-0.39, 0.29) is 0 Å².